The van der Waals surface area contributed by atoms with Crippen LogP contribution in [-0.4, -0.2) is 5.91 Å². The summed E-state index contributed by atoms with van der Waals surface area (Å²) in [5.74, 6) is 0.896. The van der Waals surface area contributed by atoms with Crippen molar-refractivity contribution in [2.75, 3.05) is 0 Å². The van der Waals surface area contributed by atoms with E-state index in [2.05, 4.69) is 29.6 Å². The molecule has 0 spiro atoms. The zero-order chi connectivity index (χ0) is 13.1. The quantitative estimate of drug-likeness (QED) is 0.877. The van der Waals surface area contributed by atoms with E-state index >= 15 is 0 Å². The molecule has 2 nitrogen and oxygen atoms in total. The molecule has 2 heteroatoms. The molecule has 1 aromatic carbocycles. The lowest BCUT2D eigenvalue weighted by molar-refractivity contribution is -0.122. The largest absolute Gasteiger partial charge is 0.349 e. The maximum Gasteiger partial charge on any atom is 0.220 e. The summed E-state index contributed by atoms with van der Waals surface area (Å²) in [6.45, 7) is 0. The molecule has 0 aromatic heterocycles. The molecule has 19 heavy (non-hydrogen) atoms. The Hall–Kier alpha value is -1.31. The maximum absolute atomic E-state index is 12.2. The molecule has 0 bridgehead atoms. The Balaban J connectivity index is 1.62. The highest BCUT2D eigenvalue weighted by atomic mass is 16.1. The number of carbonyl (C=O) groups excluding carboxylic acids is 1. The van der Waals surface area contributed by atoms with Crippen LogP contribution in [0.25, 0.3) is 0 Å². The van der Waals surface area contributed by atoms with Crippen LogP contribution in [0.3, 0.4) is 0 Å². The van der Waals surface area contributed by atoms with Crippen molar-refractivity contribution in [3.05, 3.63) is 35.4 Å². The monoisotopic (exact) mass is 257 g/mol. The smallest absolute Gasteiger partial charge is 0.220 e. The van der Waals surface area contributed by atoms with Crippen LogP contribution in [-0.2, 0) is 11.2 Å². The van der Waals surface area contributed by atoms with Gasteiger partial charge in [-0.25, -0.2) is 0 Å². The molecule has 1 atom stereocenters. The summed E-state index contributed by atoms with van der Waals surface area (Å²) in [5, 5.41) is 3.26. The minimum atomic E-state index is 0.249. The number of rotatable bonds is 3. The van der Waals surface area contributed by atoms with Gasteiger partial charge in [0, 0.05) is 6.42 Å². The van der Waals surface area contributed by atoms with E-state index in [4.69, 9.17) is 0 Å². The summed E-state index contributed by atoms with van der Waals surface area (Å²) >= 11 is 0. The van der Waals surface area contributed by atoms with E-state index in [9.17, 15) is 4.79 Å². The average molecular weight is 257 g/mol. The fraction of sp³-hybridized carbons (Fsp3) is 0.588. The van der Waals surface area contributed by atoms with Gasteiger partial charge in [0.1, 0.15) is 0 Å². The SMILES string of the molecule is O=C(CC1CCCC1)N[C@H]1CCCc2ccccc21. The minimum absolute atomic E-state index is 0.249. The summed E-state index contributed by atoms with van der Waals surface area (Å²) in [6.07, 6.45) is 9.28. The lowest BCUT2D eigenvalue weighted by Gasteiger charge is -2.26. The number of carbonyl (C=O) groups is 1. The van der Waals surface area contributed by atoms with Crippen molar-refractivity contribution in [1.82, 2.24) is 5.32 Å². The predicted molar refractivity (Wildman–Crippen MR) is 76.8 cm³/mol. The molecular formula is C17H23NO. The van der Waals surface area contributed by atoms with Crippen molar-refractivity contribution >= 4 is 5.91 Å². The third-order valence-electron chi connectivity index (χ3n) is 4.65. The molecule has 3 rings (SSSR count). The van der Waals surface area contributed by atoms with Gasteiger partial charge in [0.25, 0.3) is 0 Å². The number of benzene rings is 1. The van der Waals surface area contributed by atoms with Crippen molar-refractivity contribution in [1.29, 1.82) is 0 Å². The predicted octanol–water partition coefficient (Wildman–Crippen LogP) is 3.76. The van der Waals surface area contributed by atoms with Gasteiger partial charge in [-0.2, -0.15) is 0 Å². The van der Waals surface area contributed by atoms with Crippen LogP contribution < -0.4 is 5.32 Å². The fourth-order valence-electron chi connectivity index (χ4n) is 3.63. The topological polar surface area (TPSA) is 29.1 Å². The molecule has 2 aliphatic carbocycles. The Morgan fingerprint density at radius 2 is 1.89 bits per heavy atom. The van der Waals surface area contributed by atoms with Gasteiger partial charge < -0.3 is 5.32 Å². The number of nitrogens with one attached hydrogen (secondary N) is 1. The Labute approximate surface area is 115 Å². The van der Waals surface area contributed by atoms with Crippen LogP contribution in [0.4, 0.5) is 0 Å². The van der Waals surface area contributed by atoms with Crippen molar-refractivity contribution in [3.63, 3.8) is 0 Å². The molecule has 1 fully saturated rings. The second-order valence-corrected chi connectivity index (χ2v) is 6.07. The summed E-state index contributed by atoms with van der Waals surface area (Å²) in [7, 11) is 0. The lowest BCUT2D eigenvalue weighted by atomic mass is 9.87. The Kier molecular flexibility index (Phi) is 3.86. The number of hydrogen-bond donors (Lipinski definition) is 1. The van der Waals surface area contributed by atoms with Crippen LogP contribution in [0.1, 0.15) is 62.1 Å². The normalized spacial score (nSPS) is 23.1. The van der Waals surface area contributed by atoms with Gasteiger partial charge in [-0.15, -0.1) is 0 Å². The van der Waals surface area contributed by atoms with Crippen molar-refractivity contribution in [2.45, 2.75) is 57.4 Å². The minimum Gasteiger partial charge on any atom is -0.349 e. The maximum atomic E-state index is 12.2. The van der Waals surface area contributed by atoms with Crippen LogP contribution in [0, 0.1) is 5.92 Å². The molecular weight excluding hydrogens is 234 g/mol. The molecule has 1 amide bonds. The first-order chi connectivity index (χ1) is 9.33. The van der Waals surface area contributed by atoms with Crippen LogP contribution >= 0.6 is 0 Å². The Morgan fingerprint density at radius 3 is 2.74 bits per heavy atom. The van der Waals surface area contributed by atoms with Gasteiger partial charge in [-0.1, -0.05) is 37.1 Å². The van der Waals surface area contributed by atoms with E-state index in [1.807, 2.05) is 0 Å². The average Bonchev–Trinajstić information content (AvgIpc) is 2.92. The van der Waals surface area contributed by atoms with E-state index < -0.39 is 0 Å². The zero-order valence-corrected chi connectivity index (χ0v) is 11.5. The molecule has 0 radical (unpaired) electrons. The zero-order valence-electron chi connectivity index (χ0n) is 11.5. The van der Waals surface area contributed by atoms with Crippen molar-refractivity contribution < 1.29 is 4.79 Å². The number of amides is 1. The second kappa shape index (κ2) is 5.77. The molecule has 2 aliphatic rings. The summed E-state index contributed by atoms with van der Waals surface area (Å²) in [5.41, 5.74) is 2.76. The van der Waals surface area contributed by atoms with Crippen molar-refractivity contribution in [2.24, 2.45) is 5.92 Å². The van der Waals surface area contributed by atoms with Gasteiger partial charge in [-0.05, 0) is 49.1 Å². The third kappa shape index (κ3) is 2.99. The number of aryl methyl sites for hydroxylation is 1. The van der Waals surface area contributed by atoms with E-state index in [0.717, 1.165) is 19.3 Å². The van der Waals surface area contributed by atoms with E-state index in [1.165, 1.54) is 43.2 Å². The summed E-state index contributed by atoms with van der Waals surface area (Å²) in [6, 6.07) is 8.81. The van der Waals surface area contributed by atoms with Gasteiger partial charge >= 0.3 is 0 Å². The molecule has 0 heterocycles. The second-order valence-electron chi connectivity index (χ2n) is 6.07. The Morgan fingerprint density at radius 1 is 1.11 bits per heavy atom. The Bertz CT molecular complexity index is 448. The van der Waals surface area contributed by atoms with Crippen LogP contribution in [0.15, 0.2) is 24.3 Å². The van der Waals surface area contributed by atoms with Gasteiger partial charge in [0.15, 0.2) is 0 Å². The van der Waals surface area contributed by atoms with E-state index in [1.54, 1.807) is 0 Å². The van der Waals surface area contributed by atoms with E-state index in [0.29, 0.717) is 5.92 Å². The summed E-state index contributed by atoms with van der Waals surface area (Å²) < 4.78 is 0. The van der Waals surface area contributed by atoms with Gasteiger partial charge in [0.05, 0.1) is 6.04 Å². The fourth-order valence-corrected chi connectivity index (χ4v) is 3.63. The van der Waals surface area contributed by atoms with E-state index in [-0.39, 0.29) is 11.9 Å². The summed E-state index contributed by atoms with van der Waals surface area (Å²) in [4.78, 5) is 12.2. The highest BCUT2D eigenvalue weighted by Gasteiger charge is 2.23. The number of fused-ring (bicyclic) bond motifs is 1. The first-order valence-corrected chi connectivity index (χ1v) is 7.70. The standard InChI is InChI=1S/C17H23NO/c19-17(12-13-6-1-2-7-13)18-16-11-5-9-14-8-3-4-10-15(14)16/h3-4,8,10,13,16H,1-2,5-7,9,11-12H2,(H,18,19)/t16-/m0/s1. The highest BCUT2D eigenvalue weighted by molar-refractivity contribution is 5.76. The molecule has 0 unspecified atom stereocenters. The first kappa shape index (κ1) is 12.7. The molecule has 1 N–H and O–H groups in total. The molecule has 0 saturated heterocycles. The van der Waals surface area contributed by atoms with Crippen LogP contribution in [0.2, 0.25) is 0 Å². The first-order valence-electron chi connectivity index (χ1n) is 7.70. The number of hydrogen-bond acceptors (Lipinski definition) is 1. The molecule has 1 saturated carbocycles. The van der Waals surface area contributed by atoms with Gasteiger partial charge in [-0.3, -0.25) is 4.79 Å². The van der Waals surface area contributed by atoms with Crippen LogP contribution in [0.5, 0.6) is 0 Å². The van der Waals surface area contributed by atoms with Crippen molar-refractivity contribution in [3.8, 4) is 0 Å². The highest BCUT2D eigenvalue weighted by Crippen LogP contribution is 2.31. The molecule has 1 aromatic rings. The van der Waals surface area contributed by atoms with Gasteiger partial charge in [0.2, 0.25) is 5.91 Å². The molecule has 0 aliphatic heterocycles. The third-order valence-corrected chi connectivity index (χ3v) is 4.65. The molecule has 102 valence electrons. The lowest BCUT2D eigenvalue weighted by Crippen LogP contribution is -2.31.